The molecule has 3 rings (SSSR count). The Balaban J connectivity index is 2.01. The second-order valence-corrected chi connectivity index (χ2v) is 4.98. The second kappa shape index (κ2) is 3.96. The fourth-order valence-corrected chi connectivity index (χ4v) is 2.76. The van der Waals surface area contributed by atoms with Gasteiger partial charge in [0.05, 0.1) is 12.6 Å². The van der Waals surface area contributed by atoms with Crippen LogP contribution in [0.4, 0.5) is 0 Å². The van der Waals surface area contributed by atoms with Crippen LogP contribution < -0.4 is 15.6 Å². The van der Waals surface area contributed by atoms with Gasteiger partial charge in [-0.3, -0.25) is 4.79 Å². The summed E-state index contributed by atoms with van der Waals surface area (Å²) in [4.78, 5) is 11.1. The Morgan fingerprint density at radius 1 is 1.39 bits per heavy atom. The van der Waals surface area contributed by atoms with Gasteiger partial charge < -0.3 is 9.84 Å². The van der Waals surface area contributed by atoms with Crippen LogP contribution in [0.5, 0.6) is 5.75 Å². The molecule has 96 valence electrons. The van der Waals surface area contributed by atoms with E-state index >= 15 is 0 Å². The number of aliphatic carboxylic acids is 1. The van der Waals surface area contributed by atoms with Crippen LogP contribution in [0.15, 0.2) is 12.1 Å². The highest BCUT2D eigenvalue weighted by molar-refractivity contribution is 5.74. The summed E-state index contributed by atoms with van der Waals surface area (Å²) < 4.78 is 5.79. The van der Waals surface area contributed by atoms with Crippen LogP contribution in [-0.4, -0.2) is 23.7 Å². The molecule has 1 aromatic carbocycles. The number of nitrogens with one attached hydrogen (secondary N) is 2. The fourth-order valence-electron chi connectivity index (χ4n) is 2.76. The number of rotatable bonds is 1. The van der Waals surface area contributed by atoms with Crippen molar-refractivity contribution in [3.8, 4) is 5.75 Å². The lowest BCUT2D eigenvalue weighted by Crippen LogP contribution is -2.40. The minimum atomic E-state index is -0.842. The van der Waals surface area contributed by atoms with Crippen LogP contribution in [0.3, 0.4) is 0 Å². The molecule has 5 heteroatoms. The molecule has 3 unspecified atom stereocenters. The highest BCUT2D eigenvalue weighted by Gasteiger charge is 2.45. The Kier molecular flexibility index (Phi) is 2.53. The van der Waals surface area contributed by atoms with Crippen molar-refractivity contribution in [3.05, 3.63) is 28.8 Å². The normalized spacial score (nSPS) is 29.3. The lowest BCUT2D eigenvalue weighted by atomic mass is 9.86. The average molecular weight is 248 g/mol. The van der Waals surface area contributed by atoms with E-state index in [9.17, 15) is 4.79 Å². The van der Waals surface area contributed by atoms with E-state index in [1.165, 1.54) is 5.56 Å². The molecular formula is C13H16N2O3. The number of fused-ring (bicyclic) bond motifs is 3. The number of benzene rings is 1. The van der Waals surface area contributed by atoms with E-state index in [2.05, 4.69) is 16.9 Å². The number of ether oxygens (including phenoxy) is 1. The minimum absolute atomic E-state index is 0.00847. The van der Waals surface area contributed by atoms with Crippen molar-refractivity contribution >= 4 is 5.97 Å². The quantitative estimate of drug-likeness (QED) is 0.689. The molecule has 0 aromatic heterocycles. The number of carboxylic acids is 1. The second-order valence-electron chi connectivity index (χ2n) is 4.98. The molecule has 0 radical (unpaired) electrons. The Hall–Kier alpha value is -1.59. The first-order valence-electron chi connectivity index (χ1n) is 6.06. The van der Waals surface area contributed by atoms with Gasteiger partial charge in [0.2, 0.25) is 0 Å². The first kappa shape index (κ1) is 11.5. The van der Waals surface area contributed by atoms with E-state index in [-0.39, 0.29) is 12.0 Å². The maximum atomic E-state index is 11.1. The maximum absolute atomic E-state index is 11.1. The Labute approximate surface area is 105 Å². The van der Waals surface area contributed by atoms with Crippen molar-refractivity contribution in [2.24, 2.45) is 5.92 Å². The molecule has 2 aliphatic heterocycles. The van der Waals surface area contributed by atoms with E-state index in [0.717, 1.165) is 16.9 Å². The van der Waals surface area contributed by atoms with Crippen LogP contribution in [0.25, 0.3) is 0 Å². The van der Waals surface area contributed by atoms with E-state index in [1.54, 1.807) is 0 Å². The Morgan fingerprint density at radius 3 is 2.89 bits per heavy atom. The molecule has 18 heavy (non-hydrogen) atoms. The molecular weight excluding hydrogens is 232 g/mol. The molecule has 0 saturated carbocycles. The number of hydrazine groups is 1. The minimum Gasteiger partial charge on any atom is -0.493 e. The van der Waals surface area contributed by atoms with E-state index in [1.807, 2.05) is 19.9 Å². The molecule has 3 N–H and O–H groups in total. The lowest BCUT2D eigenvalue weighted by molar-refractivity contribution is -0.140. The smallest absolute Gasteiger partial charge is 0.322 e. The van der Waals surface area contributed by atoms with Crippen molar-refractivity contribution in [2.45, 2.75) is 25.9 Å². The number of carboxylic acid groups (broad SMARTS) is 1. The van der Waals surface area contributed by atoms with Gasteiger partial charge in [-0.25, -0.2) is 10.9 Å². The summed E-state index contributed by atoms with van der Waals surface area (Å²) in [5, 5.41) is 9.14. The van der Waals surface area contributed by atoms with Gasteiger partial charge >= 0.3 is 5.97 Å². The zero-order valence-corrected chi connectivity index (χ0v) is 10.4. The third-order valence-corrected chi connectivity index (χ3v) is 3.98. The van der Waals surface area contributed by atoms with Crippen LogP contribution in [0, 0.1) is 19.8 Å². The van der Waals surface area contributed by atoms with E-state index < -0.39 is 12.0 Å². The van der Waals surface area contributed by atoms with E-state index in [4.69, 9.17) is 9.84 Å². The van der Waals surface area contributed by atoms with Gasteiger partial charge in [0.15, 0.2) is 0 Å². The number of hydrogen-bond donors (Lipinski definition) is 3. The zero-order valence-electron chi connectivity index (χ0n) is 10.4. The van der Waals surface area contributed by atoms with Crippen LogP contribution >= 0.6 is 0 Å². The van der Waals surface area contributed by atoms with Gasteiger partial charge in [-0.1, -0.05) is 12.1 Å². The molecule has 0 spiro atoms. The average Bonchev–Trinajstić information content (AvgIpc) is 2.77. The van der Waals surface area contributed by atoms with Crippen molar-refractivity contribution in [2.75, 3.05) is 6.61 Å². The zero-order chi connectivity index (χ0) is 12.9. The summed E-state index contributed by atoms with van der Waals surface area (Å²) in [6, 6.07) is 3.49. The summed E-state index contributed by atoms with van der Waals surface area (Å²) in [5.41, 5.74) is 9.29. The first-order valence-corrected chi connectivity index (χ1v) is 6.06. The largest absolute Gasteiger partial charge is 0.493 e. The molecule has 2 aliphatic rings. The van der Waals surface area contributed by atoms with Crippen molar-refractivity contribution in [3.63, 3.8) is 0 Å². The molecule has 1 aromatic rings. The molecule has 3 atom stereocenters. The molecule has 1 fully saturated rings. The first-order chi connectivity index (χ1) is 8.59. The maximum Gasteiger partial charge on any atom is 0.322 e. The predicted molar refractivity (Wildman–Crippen MR) is 65.3 cm³/mol. The number of hydrogen-bond acceptors (Lipinski definition) is 4. The summed E-state index contributed by atoms with van der Waals surface area (Å²) >= 11 is 0. The van der Waals surface area contributed by atoms with Crippen LogP contribution in [0.1, 0.15) is 22.7 Å². The van der Waals surface area contributed by atoms with Crippen molar-refractivity contribution < 1.29 is 14.6 Å². The Bertz CT molecular complexity index is 515. The molecule has 5 nitrogen and oxygen atoms in total. The molecule has 0 aliphatic carbocycles. The predicted octanol–water partition coefficient (Wildman–Crippen LogP) is 0.914. The SMILES string of the molecule is Cc1ccc2c(c1C)OCC1C(C(=O)O)NNC21. The van der Waals surface area contributed by atoms with Gasteiger partial charge in [0, 0.05) is 11.5 Å². The van der Waals surface area contributed by atoms with Crippen molar-refractivity contribution in [1.82, 2.24) is 10.9 Å². The van der Waals surface area contributed by atoms with Gasteiger partial charge in [-0.15, -0.1) is 0 Å². The molecule has 0 amide bonds. The van der Waals surface area contributed by atoms with E-state index in [0.29, 0.717) is 6.61 Å². The number of aryl methyl sites for hydroxylation is 1. The summed E-state index contributed by atoms with van der Waals surface area (Å²) in [6.45, 7) is 4.51. The highest BCUT2D eigenvalue weighted by atomic mass is 16.5. The van der Waals surface area contributed by atoms with Gasteiger partial charge in [-0.05, 0) is 25.0 Å². The van der Waals surface area contributed by atoms with Gasteiger partial charge in [0.1, 0.15) is 11.8 Å². The third kappa shape index (κ3) is 1.51. The summed E-state index contributed by atoms with van der Waals surface area (Å²) in [7, 11) is 0. The molecule has 2 heterocycles. The monoisotopic (exact) mass is 248 g/mol. The standard InChI is InChI=1S/C13H16N2O3/c1-6-3-4-8-10-9(5-18-12(8)7(6)2)11(13(16)17)15-14-10/h3-4,9-11,14-15H,5H2,1-2H3,(H,16,17). The van der Waals surface area contributed by atoms with Crippen LogP contribution in [0.2, 0.25) is 0 Å². The Morgan fingerprint density at radius 2 is 2.17 bits per heavy atom. The van der Waals surface area contributed by atoms with Gasteiger partial charge in [-0.2, -0.15) is 0 Å². The summed E-state index contributed by atoms with van der Waals surface area (Å²) in [5.74, 6) is -0.0143. The topological polar surface area (TPSA) is 70.6 Å². The molecule has 0 bridgehead atoms. The number of carbonyl (C=O) groups is 1. The van der Waals surface area contributed by atoms with Crippen LogP contribution in [-0.2, 0) is 4.79 Å². The highest BCUT2D eigenvalue weighted by Crippen LogP contribution is 2.41. The molecule has 1 saturated heterocycles. The van der Waals surface area contributed by atoms with Gasteiger partial charge in [0.25, 0.3) is 0 Å². The third-order valence-electron chi connectivity index (χ3n) is 3.98. The lowest BCUT2D eigenvalue weighted by Gasteiger charge is -2.30. The van der Waals surface area contributed by atoms with Crippen molar-refractivity contribution in [1.29, 1.82) is 0 Å². The fraction of sp³-hybridized carbons (Fsp3) is 0.462. The summed E-state index contributed by atoms with van der Waals surface area (Å²) in [6.07, 6.45) is 0.